The van der Waals surface area contributed by atoms with E-state index in [1.165, 1.54) is 12.8 Å². The minimum atomic E-state index is 0. The van der Waals surface area contributed by atoms with E-state index in [0.29, 0.717) is 23.7 Å². The van der Waals surface area contributed by atoms with Gasteiger partial charge in [0.1, 0.15) is 6.61 Å². The molecule has 1 aliphatic rings. The zero-order valence-electron chi connectivity index (χ0n) is 11.0. The van der Waals surface area contributed by atoms with Gasteiger partial charge in [-0.25, -0.2) is 9.97 Å². The first-order valence-electron chi connectivity index (χ1n) is 6.61. The molecule has 1 aromatic carbocycles. The Hall–Kier alpha value is -1.10. The average molecular weight is 314 g/mol. The van der Waals surface area contributed by atoms with Crippen LogP contribution in [0, 0.1) is 0 Å². The highest BCUT2D eigenvalue weighted by atomic mass is 35.5. The first kappa shape index (κ1) is 15.3. The maximum absolute atomic E-state index is 6.10. The summed E-state index contributed by atoms with van der Waals surface area (Å²) in [7, 11) is 0. The molecule has 0 saturated carbocycles. The molecule has 2 aromatic rings. The molecule has 4 nitrogen and oxygen atoms in total. The number of rotatable bonds is 3. The van der Waals surface area contributed by atoms with Gasteiger partial charge in [0.25, 0.3) is 5.88 Å². The molecule has 6 heteroatoms. The van der Waals surface area contributed by atoms with Crippen LogP contribution >= 0.6 is 24.0 Å². The van der Waals surface area contributed by atoms with Gasteiger partial charge >= 0.3 is 0 Å². The number of fused-ring (bicyclic) bond motifs is 1. The minimum Gasteiger partial charge on any atom is -0.474 e. The largest absolute Gasteiger partial charge is 0.474 e. The van der Waals surface area contributed by atoms with E-state index in [1.807, 2.05) is 24.3 Å². The number of halogens is 2. The summed E-state index contributed by atoms with van der Waals surface area (Å²) in [6, 6.07) is 8.03. The zero-order valence-corrected chi connectivity index (χ0v) is 12.6. The lowest BCUT2D eigenvalue weighted by Crippen LogP contribution is -2.38. The van der Waals surface area contributed by atoms with E-state index in [-0.39, 0.29) is 12.4 Å². The van der Waals surface area contributed by atoms with Crippen molar-refractivity contribution in [3.05, 3.63) is 29.4 Å². The molecule has 0 amide bonds. The van der Waals surface area contributed by atoms with Gasteiger partial charge in [-0.15, -0.1) is 12.4 Å². The lowest BCUT2D eigenvalue weighted by atomic mass is 10.1. The molecule has 1 aromatic heterocycles. The van der Waals surface area contributed by atoms with E-state index in [1.54, 1.807) is 0 Å². The third kappa shape index (κ3) is 3.51. The van der Waals surface area contributed by atoms with Crippen LogP contribution in [0.3, 0.4) is 0 Å². The third-order valence-corrected chi connectivity index (χ3v) is 3.58. The Balaban J connectivity index is 0.00000147. The second kappa shape index (κ2) is 7.07. The summed E-state index contributed by atoms with van der Waals surface area (Å²) in [6.07, 6.45) is 3.63. The fourth-order valence-corrected chi connectivity index (χ4v) is 2.49. The first-order valence-corrected chi connectivity index (χ1v) is 6.99. The molecule has 108 valence electrons. The fraction of sp³-hybridized carbons (Fsp3) is 0.429. The van der Waals surface area contributed by atoms with E-state index in [9.17, 15) is 0 Å². The second-order valence-electron chi connectivity index (χ2n) is 4.77. The molecule has 1 atom stereocenters. The predicted molar refractivity (Wildman–Crippen MR) is 82.9 cm³/mol. The van der Waals surface area contributed by atoms with Gasteiger partial charge in [-0.05, 0) is 31.5 Å². The van der Waals surface area contributed by atoms with Crippen LogP contribution in [0.25, 0.3) is 11.0 Å². The summed E-state index contributed by atoms with van der Waals surface area (Å²) in [5.41, 5.74) is 1.59. The third-order valence-electron chi connectivity index (χ3n) is 3.33. The molecular weight excluding hydrogens is 297 g/mol. The minimum absolute atomic E-state index is 0. The number of benzene rings is 1. The summed E-state index contributed by atoms with van der Waals surface area (Å²) in [6.45, 7) is 1.65. The maximum Gasteiger partial charge on any atom is 0.252 e. The van der Waals surface area contributed by atoms with Crippen molar-refractivity contribution in [2.24, 2.45) is 0 Å². The van der Waals surface area contributed by atoms with Gasteiger partial charge < -0.3 is 10.1 Å². The predicted octanol–water partition coefficient (Wildman–Crippen LogP) is 3.23. The highest BCUT2D eigenvalue weighted by Crippen LogP contribution is 2.23. The van der Waals surface area contributed by atoms with Crippen LogP contribution in [0.5, 0.6) is 5.88 Å². The lowest BCUT2D eigenvalue weighted by molar-refractivity contribution is 0.232. The number of hydrogen-bond acceptors (Lipinski definition) is 4. The molecule has 20 heavy (non-hydrogen) atoms. The summed E-state index contributed by atoms with van der Waals surface area (Å²) in [5.74, 6) is 0.424. The Morgan fingerprint density at radius 1 is 1.20 bits per heavy atom. The van der Waals surface area contributed by atoms with Crippen molar-refractivity contribution in [1.82, 2.24) is 15.3 Å². The number of piperidine rings is 1. The Morgan fingerprint density at radius 3 is 2.65 bits per heavy atom. The van der Waals surface area contributed by atoms with Gasteiger partial charge in [-0.3, -0.25) is 0 Å². The molecular formula is C14H17Cl2N3O. The van der Waals surface area contributed by atoms with Crippen LogP contribution in [0.4, 0.5) is 0 Å². The summed E-state index contributed by atoms with van der Waals surface area (Å²) < 4.78 is 5.72. The van der Waals surface area contributed by atoms with Gasteiger partial charge in [0.2, 0.25) is 0 Å². The van der Waals surface area contributed by atoms with Gasteiger partial charge in [0.15, 0.2) is 5.15 Å². The van der Waals surface area contributed by atoms with E-state index in [4.69, 9.17) is 16.3 Å². The highest BCUT2D eigenvalue weighted by molar-refractivity contribution is 6.31. The maximum atomic E-state index is 6.10. The van der Waals surface area contributed by atoms with Crippen molar-refractivity contribution >= 4 is 35.0 Å². The normalized spacial score (nSPS) is 18.6. The first-order chi connectivity index (χ1) is 9.33. The quantitative estimate of drug-likeness (QED) is 0.945. The molecule has 1 saturated heterocycles. The van der Waals surface area contributed by atoms with Crippen molar-refractivity contribution in [3.8, 4) is 5.88 Å². The smallest absolute Gasteiger partial charge is 0.252 e. The summed E-state index contributed by atoms with van der Waals surface area (Å²) in [5, 5.41) is 3.76. The molecule has 0 bridgehead atoms. The number of ether oxygens (including phenoxy) is 1. The topological polar surface area (TPSA) is 47.0 Å². The van der Waals surface area contributed by atoms with Crippen molar-refractivity contribution in [1.29, 1.82) is 0 Å². The fourth-order valence-electron chi connectivity index (χ4n) is 2.30. The number of para-hydroxylation sites is 2. The summed E-state index contributed by atoms with van der Waals surface area (Å²) >= 11 is 6.10. The Kier molecular flexibility index (Phi) is 5.40. The van der Waals surface area contributed by atoms with Crippen molar-refractivity contribution in [2.45, 2.75) is 25.3 Å². The SMILES string of the molecule is Cl.Clc1nc2ccccc2nc1OCC1CCCCN1. The van der Waals surface area contributed by atoms with E-state index in [2.05, 4.69) is 15.3 Å². The standard InChI is InChI=1S/C14H16ClN3O.ClH/c15-13-14(19-9-10-5-3-4-8-16-10)18-12-7-2-1-6-11(12)17-13;/h1-2,6-7,10,16H,3-5,8-9H2;1H. The lowest BCUT2D eigenvalue weighted by Gasteiger charge is -2.23. The molecule has 0 aliphatic carbocycles. The molecule has 2 heterocycles. The van der Waals surface area contributed by atoms with E-state index < -0.39 is 0 Å². The average Bonchev–Trinajstić information content (AvgIpc) is 2.46. The van der Waals surface area contributed by atoms with Crippen LogP contribution in [-0.2, 0) is 0 Å². The van der Waals surface area contributed by atoms with Gasteiger partial charge in [-0.2, -0.15) is 0 Å². The molecule has 1 unspecified atom stereocenters. The molecule has 1 N–H and O–H groups in total. The van der Waals surface area contributed by atoms with Crippen LogP contribution in [-0.4, -0.2) is 29.2 Å². The van der Waals surface area contributed by atoms with Crippen LogP contribution in [0.1, 0.15) is 19.3 Å². The molecule has 1 aliphatic heterocycles. The Morgan fingerprint density at radius 2 is 1.95 bits per heavy atom. The van der Waals surface area contributed by atoms with Gasteiger partial charge in [0.05, 0.1) is 11.0 Å². The zero-order chi connectivity index (χ0) is 13.1. The molecule has 0 spiro atoms. The van der Waals surface area contributed by atoms with Crippen LogP contribution < -0.4 is 10.1 Å². The molecule has 1 fully saturated rings. The van der Waals surface area contributed by atoms with Crippen LogP contribution in [0.15, 0.2) is 24.3 Å². The number of nitrogens with zero attached hydrogens (tertiary/aromatic N) is 2. The summed E-state index contributed by atoms with van der Waals surface area (Å²) in [4.78, 5) is 8.71. The monoisotopic (exact) mass is 313 g/mol. The van der Waals surface area contributed by atoms with E-state index >= 15 is 0 Å². The van der Waals surface area contributed by atoms with E-state index in [0.717, 1.165) is 24.0 Å². The Bertz CT molecular complexity index is 573. The van der Waals surface area contributed by atoms with Gasteiger partial charge in [0, 0.05) is 6.04 Å². The second-order valence-corrected chi connectivity index (χ2v) is 5.12. The van der Waals surface area contributed by atoms with Crippen LogP contribution in [0.2, 0.25) is 5.15 Å². The van der Waals surface area contributed by atoms with Crippen molar-refractivity contribution < 1.29 is 4.74 Å². The van der Waals surface area contributed by atoms with Crippen molar-refractivity contribution in [2.75, 3.05) is 13.2 Å². The molecule has 0 radical (unpaired) electrons. The Labute approximate surface area is 129 Å². The number of aromatic nitrogens is 2. The highest BCUT2D eigenvalue weighted by Gasteiger charge is 2.15. The number of hydrogen-bond donors (Lipinski definition) is 1. The number of nitrogens with one attached hydrogen (secondary N) is 1. The van der Waals surface area contributed by atoms with Crippen molar-refractivity contribution in [3.63, 3.8) is 0 Å². The van der Waals surface area contributed by atoms with Gasteiger partial charge in [-0.1, -0.05) is 30.2 Å². The molecule has 3 rings (SSSR count).